The van der Waals surface area contributed by atoms with E-state index in [1.807, 2.05) is 17.6 Å². The number of aromatic nitrogens is 1. The highest BCUT2D eigenvalue weighted by molar-refractivity contribution is 7.13. The van der Waals surface area contributed by atoms with Gasteiger partial charge in [-0.25, -0.2) is 4.98 Å². The van der Waals surface area contributed by atoms with E-state index in [9.17, 15) is 0 Å². The van der Waals surface area contributed by atoms with E-state index in [-0.39, 0.29) is 0 Å². The highest BCUT2D eigenvalue weighted by Crippen LogP contribution is 2.25. The minimum Gasteiger partial charge on any atom is -0.440 e. The minimum absolute atomic E-state index is 0.706. The maximum absolute atomic E-state index is 5.73. The summed E-state index contributed by atoms with van der Waals surface area (Å²) in [5.41, 5.74) is 0. The van der Waals surface area contributed by atoms with E-state index in [1.165, 1.54) is 0 Å². The van der Waals surface area contributed by atoms with Crippen LogP contribution in [0.3, 0.4) is 0 Å². The molecule has 1 N–H and O–H groups in total. The van der Waals surface area contributed by atoms with Crippen molar-refractivity contribution in [1.29, 1.82) is 0 Å². The predicted octanol–water partition coefficient (Wildman–Crippen LogP) is 3.58. The standard InChI is InChI=1S/C14H20N2OS/c1-11(2)9-15-7-3-6-14-16-10-12(17-14)13-5-4-8-18-13/h4-5,8,10-11,15H,3,6-7,9H2,1-2H3. The van der Waals surface area contributed by atoms with Gasteiger partial charge in [0.25, 0.3) is 0 Å². The number of oxazole rings is 1. The Kier molecular flexibility index (Phi) is 4.96. The molecule has 3 nitrogen and oxygen atoms in total. The molecule has 0 atom stereocenters. The molecule has 0 aliphatic carbocycles. The van der Waals surface area contributed by atoms with Gasteiger partial charge in [0, 0.05) is 6.42 Å². The summed E-state index contributed by atoms with van der Waals surface area (Å²) in [4.78, 5) is 5.46. The Morgan fingerprint density at radius 2 is 2.33 bits per heavy atom. The smallest absolute Gasteiger partial charge is 0.194 e. The Labute approximate surface area is 112 Å². The second kappa shape index (κ2) is 6.71. The van der Waals surface area contributed by atoms with Crippen LogP contribution < -0.4 is 5.32 Å². The lowest BCUT2D eigenvalue weighted by Gasteiger charge is -2.05. The van der Waals surface area contributed by atoms with Gasteiger partial charge in [-0.3, -0.25) is 0 Å². The summed E-state index contributed by atoms with van der Waals surface area (Å²) in [6.07, 6.45) is 3.79. The monoisotopic (exact) mass is 264 g/mol. The third-order valence-corrected chi connectivity index (χ3v) is 3.50. The number of nitrogens with zero attached hydrogens (tertiary/aromatic N) is 1. The van der Waals surface area contributed by atoms with Crippen molar-refractivity contribution in [1.82, 2.24) is 10.3 Å². The normalized spacial score (nSPS) is 11.3. The van der Waals surface area contributed by atoms with Crippen molar-refractivity contribution in [3.05, 3.63) is 29.6 Å². The van der Waals surface area contributed by atoms with Gasteiger partial charge < -0.3 is 9.73 Å². The Bertz CT molecular complexity index is 448. The number of aryl methyl sites for hydroxylation is 1. The molecule has 2 aromatic rings. The summed E-state index contributed by atoms with van der Waals surface area (Å²) in [5.74, 6) is 2.43. The van der Waals surface area contributed by atoms with Crippen LogP contribution >= 0.6 is 11.3 Å². The fourth-order valence-corrected chi connectivity index (χ4v) is 2.39. The van der Waals surface area contributed by atoms with E-state index in [1.54, 1.807) is 11.3 Å². The van der Waals surface area contributed by atoms with Crippen molar-refractivity contribution >= 4 is 11.3 Å². The highest BCUT2D eigenvalue weighted by Gasteiger charge is 2.06. The molecule has 0 aliphatic rings. The number of rotatable bonds is 7. The number of thiophene rings is 1. The Hall–Kier alpha value is -1.13. The van der Waals surface area contributed by atoms with Crippen molar-refractivity contribution in [2.24, 2.45) is 5.92 Å². The third kappa shape index (κ3) is 3.96. The van der Waals surface area contributed by atoms with Crippen molar-refractivity contribution in [3.63, 3.8) is 0 Å². The van der Waals surface area contributed by atoms with Gasteiger partial charge in [0.1, 0.15) is 0 Å². The fraction of sp³-hybridized carbons (Fsp3) is 0.500. The first-order chi connectivity index (χ1) is 8.75. The minimum atomic E-state index is 0.706. The molecule has 0 radical (unpaired) electrons. The van der Waals surface area contributed by atoms with Crippen LogP contribution in [0.15, 0.2) is 28.1 Å². The van der Waals surface area contributed by atoms with E-state index in [0.717, 1.165) is 42.5 Å². The van der Waals surface area contributed by atoms with E-state index >= 15 is 0 Å². The molecule has 0 saturated carbocycles. The van der Waals surface area contributed by atoms with E-state index < -0.39 is 0 Å². The average Bonchev–Trinajstić information content (AvgIpc) is 2.98. The summed E-state index contributed by atoms with van der Waals surface area (Å²) < 4.78 is 5.73. The summed E-state index contributed by atoms with van der Waals surface area (Å²) in [6.45, 7) is 6.53. The quantitative estimate of drug-likeness (QED) is 0.777. The fourth-order valence-electron chi connectivity index (χ4n) is 1.71. The van der Waals surface area contributed by atoms with Gasteiger partial charge in [0.2, 0.25) is 0 Å². The van der Waals surface area contributed by atoms with Crippen LogP contribution in [0, 0.1) is 5.92 Å². The van der Waals surface area contributed by atoms with Crippen LogP contribution in [-0.2, 0) is 6.42 Å². The van der Waals surface area contributed by atoms with Gasteiger partial charge in [-0.1, -0.05) is 19.9 Å². The molecule has 98 valence electrons. The molecule has 0 saturated heterocycles. The Morgan fingerprint density at radius 1 is 1.44 bits per heavy atom. The van der Waals surface area contributed by atoms with Gasteiger partial charge in [-0.2, -0.15) is 0 Å². The molecule has 0 unspecified atom stereocenters. The van der Waals surface area contributed by atoms with Crippen molar-refractivity contribution in [2.45, 2.75) is 26.7 Å². The van der Waals surface area contributed by atoms with Crippen LogP contribution in [0.5, 0.6) is 0 Å². The number of hydrogen-bond acceptors (Lipinski definition) is 4. The van der Waals surface area contributed by atoms with Crippen LogP contribution in [0.4, 0.5) is 0 Å². The molecule has 0 aromatic carbocycles. The van der Waals surface area contributed by atoms with Gasteiger partial charge in [0.05, 0.1) is 11.1 Å². The third-order valence-electron chi connectivity index (χ3n) is 2.61. The van der Waals surface area contributed by atoms with E-state index in [4.69, 9.17) is 4.42 Å². The maximum atomic E-state index is 5.73. The van der Waals surface area contributed by atoms with Crippen LogP contribution in [0.2, 0.25) is 0 Å². The van der Waals surface area contributed by atoms with E-state index in [2.05, 4.69) is 30.2 Å². The zero-order chi connectivity index (χ0) is 12.8. The lowest BCUT2D eigenvalue weighted by molar-refractivity contribution is 0.484. The summed E-state index contributed by atoms with van der Waals surface area (Å²) in [5, 5.41) is 5.47. The second-order valence-corrected chi connectivity index (χ2v) is 5.74. The second-order valence-electron chi connectivity index (χ2n) is 4.80. The zero-order valence-corrected chi connectivity index (χ0v) is 11.8. The van der Waals surface area contributed by atoms with Gasteiger partial charge in [0.15, 0.2) is 11.7 Å². The predicted molar refractivity (Wildman–Crippen MR) is 75.8 cm³/mol. The van der Waals surface area contributed by atoms with Crippen LogP contribution in [-0.4, -0.2) is 18.1 Å². The molecule has 0 aliphatic heterocycles. The van der Waals surface area contributed by atoms with Gasteiger partial charge >= 0.3 is 0 Å². The maximum Gasteiger partial charge on any atom is 0.194 e. The first kappa shape index (κ1) is 13.3. The summed E-state index contributed by atoms with van der Waals surface area (Å²) in [6, 6.07) is 4.08. The molecule has 2 heterocycles. The molecule has 18 heavy (non-hydrogen) atoms. The molecule has 0 amide bonds. The molecule has 2 rings (SSSR count). The molecule has 2 aromatic heterocycles. The molecular formula is C14H20N2OS. The van der Waals surface area contributed by atoms with E-state index in [0.29, 0.717) is 5.92 Å². The first-order valence-corrected chi connectivity index (χ1v) is 7.33. The van der Waals surface area contributed by atoms with Crippen molar-refractivity contribution < 1.29 is 4.42 Å². The zero-order valence-electron chi connectivity index (χ0n) is 11.0. The van der Waals surface area contributed by atoms with Crippen LogP contribution in [0.25, 0.3) is 10.6 Å². The summed E-state index contributed by atoms with van der Waals surface area (Å²) >= 11 is 1.68. The Balaban J connectivity index is 1.74. The number of nitrogens with one attached hydrogen (secondary N) is 1. The molecule has 4 heteroatoms. The number of hydrogen-bond donors (Lipinski definition) is 1. The topological polar surface area (TPSA) is 38.1 Å². The van der Waals surface area contributed by atoms with Crippen LogP contribution in [0.1, 0.15) is 26.2 Å². The largest absolute Gasteiger partial charge is 0.440 e. The molecule has 0 fully saturated rings. The van der Waals surface area contributed by atoms with Crippen molar-refractivity contribution in [2.75, 3.05) is 13.1 Å². The van der Waals surface area contributed by atoms with Crippen molar-refractivity contribution in [3.8, 4) is 10.6 Å². The summed E-state index contributed by atoms with van der Waals surface area (Å²) in [7, 11) is 0. The average molecular weight is 264 g/mol. The lowest BCUT2D eigenvalue weighted by atomic mass is 10.2. The highest BCUT2D eigenvalue weighted by atomic mass is 32.1. The van der Waals surface area contributed by atoms with Gasteiger partial charge in [-0.15, -0.1) is 11.3 Å². The first-order valence-electron chi connectivity index (χ1n) is 6.45. The lowest BCUT2D eigenvalue weighted by Crippen LogP contribution is -2.21. The SMILES string of the molecule is CC(C)CNCCCc1ncc(-c2cccs2)o1. The molecule has 0 spiro atoms. The van der Waals surface area contributed by atoms with Gasteiger partial charge in [-0.05, 0) is 36.9 Å². The molecular weight excluding hydrogens is 244 g/mol. The Morgan fingerprint density at radius 3 is 3.06 bits per heavy atom. The molecule has 0 bridgehead atoms.